The Bertz CT molecular complexity index is 718. The molecule has 2 heterocycles. The van der Waals surface area contributed by atoms with Crippen LogP contribution in [0.2, 0.25) is 5.02 Å². The maximum absolute atomic E-state index is 12.0. The van der Waals surface area contributed by atoms with Gasteiger partial charge in [-0.15, -0.1) is 0 Å². The lowest BCUT2D eigenvalue weighted by Gasteiger charge is -2.33. The van der Waals surface area contributed by atoms with Crippen molar-refractivity contribution in [1.29, 1.82) is 0 Å². The maximum atomic E-state index is 12.0. The summed E-state index contributed by atoms with van der Waals surface area (Å²) in [4.78, 5) is 36.6. The predicted octanol–water partition coefficient (Wildman–Crippen LogP) is 0.680. The third-order valence-electron chi connectivity index (χ3n) is 4.53. The van der Waals surface area contributed by atoms with E-state index in [1.165, 1.54) is 13.3 Å². The zero-order chi connectivity index (χ0) is 18.0. The number of hydrogen-bond acceptors (Lipinski definition) is 7. The van der Waals surface area contributed by atoms with Crippen LogP contribution in [0.4, 0.5) is 10.5 Å². The van der Waals surface area contributed by atoms with E-state index >= 15 is 0 Å². The number of hydrogen-bond donors (Lipinski definition) is 2. The monoisotopic (exact) mass is 370 g/mol. The molecular weight excluding hydrogens is 352 g/mol. The molecule has 136 valence electrons. The number of carbonyl (C=O) groups excluding carboxylic acids is 2. The van der Waals surface area contributed by atoms with Gasteiger partial charge in [-0.05, 0) is 12.8 Å². The quantitative estimate of drug-likeness (QED) is 0.749. The Balaban J connectivity index is 1.46. The zero-order valence-corrected chi connectivity index (χ0v) is 14.4. The van der Waals surface area contributed by atoms with Crippen LogP contribution in [0.1, 0.15) is 19.3 Å². The van der Waals surface area contributed by atoms with Crippen molar-refractivity contribution >= 4 is 29.4 Å². The first-order chi connectivity index (χ1) is 12.0. The lowest BCUT2D eigenvalue weighted by atomic mass is 9.80. The second kappa shape index (κ2) is 7.30. The van der Waals surface area contributed by atoms with E-state index in [0.29, 0.717) is 38.0 Å². The number of H-pyrrole nitrogens is 1. The molecule has 1 saturated heterocycles. The van der Waals surface area contributed by atoms with E-state index in [1.807, 2.05) is 4.90 Å². The standard InChI is InChI=1S/C15H19ClN4O5/c1-24-14(22)8-4-9(5-8)18-15(23)25-10-2-3-20(7-10)11-6-17-19-13(21)12(11)16/h6,8-10H,2-5,7H2,1H3,(H,18,23)(H,19,21)/t8?,9?,10-/m1/s1. The highest BCUT2D eigenvalue weighted by molar-refractivity contribution is 6.33. The van der Waals surface area contributed by atoms with Crippen molar-refractivity contribution in [2.24, 2.45) is 5.92 Å². The second-order valence-corrected chi connectivity index (χ2v) is 6.57. The first kappa shape index (κ1) is 17.5. The van der Waals surface area contributed by atoms with Crippen molar-refractivity contribution < 1.29 is 19.1 Å². The molecule has 1 aliphatic heterocycles. The Hall–Kier alpha value is -2.29. The summed E-state index contributed by atoms with van der Waals surface area (Å²) in [7, 11) is 1.35. The van der Waals surface area contributed by atoms with Gasteiger partial charge in [0, 0.05) is 19.0 Å². The van der Waals surface area contributed by atoms with E-state index in [1.54, 1.807) is 0 Å². The average molecular weight is 371 g/mol. The second-order valence-electron chi connectivity index (χ2n) is 6.19. The minimum atomic E-state index is -0.504. The van der Waals surface area contributed by atoms with Crippen molar-refractivity contribution in [3.63, 3.8) is 0 Å². The lowest BCUT2D eigenvalue weighted by molar-refractivity contribution is -0.149. The summed E-state index contributed by atoms with van der Waals surface area (Å²) in [6.07, 6.45) is 2.43. The molecule has 1 aromatic heterocycles. The molecule has 0 aromatic carbocycles. The molecule has 25 heavy (non-hydrogen) atoms. The number of alkyl carbamates (subject to hydrolysis) is 1. The van der Waals surface area contributed by atoms with Gasteiger partial charge in [0.25, 0.3) is 5.56 Å². The van der Waals surface area contributed by atoms with Crippen molar-refractivity contribution in [2.45, 2.75) is 31.4 Å². The predicted molar refractivity (Wildman–Crippen MR) is 88.6 cm³/mol. The molecular formula is C15H19ClN4O5. The van der Waals surface area contributed by atoms with Gasteiger partial charge >= 0.3 is 12.1 Å². The number of aromatic nitrogens is 2. The van der Waals surface area contributed by atoms with Crippen molar-refractivity contribution in [2.75, 3.05) is 25.1 Å². The number of nitrogens with one attached hydrogen (secondary N) is 2. The summed E-state index contributed by atoms with van der Waals surface area (Å²) in [6.45, 7) is 1.05. The Kier molecular flexibility index (Phi) is 5.12. The third kappa shape index (κ3) is 3.87. The highest BCUT2D eigenvalue weighted by Gasteiger charge is 2.37. The van der Waals surface area contributed by atoms with Crippen molar-refractivity contribution in [1.82, 2.24) is 15.5 Å². The van der Waals surface area contributed by atoms with Crippen LogP contribution in [0.3, 0.4) is 0 Å². The van der Waals surface area contributed by atoms with Crippen LogP contribution < -0.4 is 15.8 Å². The molecule has 0 unspecified atom stereocenters. The normalized spacial score (nSPS) is 25.2. The fraction of sp³-hybridized carbons (Fsp3) is 0.600. The molecule has 3 rings (SSSR count). The van der Waals surface area contributed by atoms with E-state index in [-0.39, 0.29) is 29.1 Å². The summed E-state index contributed by atoms with van der Waals surface area (Å²) in [6, 6.07) is -0.0690. The van der Waals surface area contributed by atoms with E-state index in [2.05, 4.69) is 20.3 Å². The Morgan fingerprint density at radius 3 is 2.92 bits per heavy atom. The number of methoxy groups -OCH3 is 1. The molecule has 1 amide bonds. The molecule has 0 spiro atoms. The molecule has 2 N–H and O–H groups in total. The van der Waals surface area contributed by atoms with Gasteiger partial charge in [0.1, 0.15) is 11.1 Å². The van der Waals surface area contributed by atoms with Crippen LogP contribution in [0.25, 0.3) is 0 Å². The van der Waals surface area contributed by atoms with Gasteiger partial charge in [0.05, 0.1) is 31.5 Å². The van der Waals surface area contributed by atoms with E-state index in [9.17, 15) is 14.4 Å². The first-order valence-electron chi connectivity index (χ1n) is 8.01. The van der Waals surface area contributed by atoms with Gasteiger partial charge in [0.15, 0.2) is 0 Å². The van der Waals surface area contributed by atoms with Gasteiger partial charge in [0.2, 0.25) is 0 Å². The number of amides is 1. The number of ether oxygens (including phenoxy) is 2. The summed E-state index contributed by atoms with van der Waals surface area (Å²) in [5.74, 6) is -0.399. The van der Waals surface area contributed by atoms with E-state index < -0.39 is 11.7 Å². The number of rotatable bonds is 4. The molecule has 1 atom stereocenters. The van der Waals surface area contributed by atoms with Gasteiger partial charge < -0.3 is 19.7 Å². The van der Waals surface area contributed by atoms with Crippen molar-refractivity contribution in [3.8, 4) is 0 Å². The van der Waals surface area contributed by atoms with Gasteiger partial charge in [-0.3, -0.25) is 9.59 Å². The minimum Gasteiger partial charge on any atom is -0.469 e. The molecule has 0 bridgehead atoms. The number of nitrogens with zero attached hydrogens (tertiary/aromatic N) is 2. The summed E-state index contributed by atoms with van der Waals surface area (Å²) in [5.41, 5.74) is 0.0725. The average Bonchev–Trinajstić information content (AvgIpc) is 3.00. The van der Waals surface area contributed by atoms with E-state index in [0.717, 1.165) is 0 Å². The van der Waals surface area contributed by atoms with Crippen LogP contribution >= 0.6 is 11.6 Å². The number of anilines is 1. The van der Waals surface area contributed by atoms with Gasteiger partial charge in [-0.25, -0.2) is 9.89 Å². The Morgan fingerprint density at radius 1 is 1.44 bits per heavy atom. The van der Waals surface area contributed by atoms with Crippen LogP contribution in [0, 0.1) is 5.92 Å². The number of esters is 1. The third-order valence-corrected chi connectivity index (χ3v) is 4.90. The zero-order valence-electron chi connectivity index (χ0n) is 13.7. The Labute approximate surface area is 148 Å². The topological polar surface area (TPSA) is 114 Å². The maximum Gasteiger partial charge on any atom is 0.407 e. The molecule has 2 fully saturated rings. The van der Waals surface area contributed by atoms with Crippen molar-refractivity contribution in [3.05, 3.63) is 21.6 Å². The van der Waals surface area contributed by atoms with E-state index in [4.69, 9.17) is 16.3 Å². The summed E-state index contributed by atoms with van der Waals surface area (Å²) >= 11 is 5.99. The molecule has 2 aliphatic rings. The highest BCUT2D eigenvalue weighted by atomic mass is 35.5. The fourth-order valence-electron chi connectivity index (χ4n) is 3.08. The molecule has 10 heteroatoms. The molecule has 1 saturated carbocycles. The smallest absolute Gasteiger partial charge is 0.407 e. The fourth-order valence-corrected chi connectivity index (χ4v) is 3.30. The van der Waals surface area contributed by atoms with Crippen LogP contribution in [-0.2, 0) is 14.3 Å². The number of halogens is 1. The molecule has 1 aliphatic carbocycles. The van der Waals surface area contributed by atoms with Crippen LogP contribution in [0.5, 0.6) is 0 Å². The SMILES string of the molecule is COC(=O)C1CC(NC(=O)O[C@@H]2CCN(c3cn[nH]c(=O)c3Cl)C2)C1. The van der Waals surface area contributed by atoms with Gasteiger partial charge in [-0.2, -0.15) is 5.10 Å². The minimum absolute atomic E-state index is 0.0690. The highest BCUT2D eigenvalue weighted by Crippen LogP contribution is 2.29. The number of carbonyl (C=O) groups is 2. The van der Waals surface area contributed by atoms with Crippen LogP contribution in [-0.4, -0.2) is 54.6 Å². The molecule has 9 nitrogen and oxygen atoms in total. The molecule has 1 aromatic rings. The number of aromatic amines is 1. The first-order valence-corrected chi connectivity index (χ1v) is 8.38. The lowest BCUT2D eigenvalue weighted by Crippen LogP contribution is -2.47. The molecule has 0 radical (unpaired) electrons. The Morgan fingerprint density at radius 2 is 2.20 bits per heavy atom. The summed E-state index contributed by atoms with van der Waals surface area (Å²) < 4.78 is 10.1. The van der Waals surface area contributed by atoms with Gasteiger partial charge in [-0.1, -0.05) is 11.6 Å². The van der Waals surface area contributed by atoms with Crippen LogP contribution in [0.15, 0.2) is 11.0 Å². The summed E-state index contributed by atoms with van der Waals surface area (Å²) in [5, 5.41) is 8.82. The largest absolute Gasteiger partial charge is 0.469 e.